The van der Waals surface area contributed by atoms with Gasteiger partial charge in [0.25, 0.3) is 0 Å². The van der Waals surface area contributed by atoms with Crippen molar-refractivity contribution in [3.63, 3.8) is 0 Å². The molecule has 19 heavy (non-hydrogen) atoms. The number of alkyl carbamates (subject to hydrolysis) is 1. The van der Waals surface area contributed by atoms with E-state index < -0.39 is 6.09 Å². The normalized spacial score (nSPS) is 30.9. The van der Waals surface area contributed by atoms with Gasteiger partial charge >= 0.3 is 6.09 Å². The average Bonchev–Trinajstić information content (AvgIpc) is 2.93. The molecule has 1 N–H and O–H groups in total. The molecule has 4 nitrogen and oxygen atoms in total. The predicted octanol–water partition coefficient (Wildman–Crippen LogP) is 1.91. The number of carbonyl (C=O) groups excluding carboxylic acids is 2. The fourth-order valence-corrected chi connectivity index (χ4v) is 3.35. The first-order chi connectivity index (χ1) is 9.05. The van der Waals surface area contributed by atoms with Crippen LogP contribution in [0.3, 0.4) is 0 Å². The summed E-state index contributed by atoms with van der Waals surface area (Å²) >= 11 is 0. The fourth-order valence-electron chi connectivity index (χ4n) is 3.35. The molecular formula is C15H19NO3. The van der Waals surface area contributed by atoms with Crippen LogP contribution in [0.5, 0.6) is 0 Å². The van der Waals surface area contributed by atoms with E-state index in [1.807, 2.05) is 0 Å². The third kappa shape index (κ3) is 2.98. The molecule has 0 spiro atoms. The maximum Gasteiger partial charge on any atom is 0.407 e. The summed E-state index contributed by atoms with van der Waals surface area (Å²) in [5.74, 6) is 3.34. The second-order valence-corrected chi connectivity index (χ2v) is 5.57. The molecule has 2 aliphatic carbocycles. The van der Waals surface area contributed by atoms with Gasteiger partial charge in [0.05, 0.1) is 13.2 Å². The van der Waals surface area contributed by atoms with Crippen LogP contribution in [0.4, 0.5) is 4.79 Å². The Morgan fingerprint density at radius 1 is 1.53 bits per heavy atom. The topological polar surface area (TPSA) is 55.4 Å². The van der Waals surface area contributed by atoms with Crippen molar-refractivity contribution in [1.29, 1.82) is 0 Å². The fraction of sp³-hybridized carbons (Fsp3) is 0.600. The Kier molecular flexibility index (Phi) is 3.94. The van der Waals surface area contributed by atoms with Crippen molar-refractivity contribution in [3.8, 4) is 12.3 Å². The van der Waals surface area contributed by atoms with E-state index in [0.717, 1.165) is 12.8 Å². The van der Waals surface area contributed by atoms with Crippen molar-refractivity contribution in [2.24, 2.45) is 17.3 Å². The Morgan fingerprint density at radius 3 is 2.84 bits per heavy atom. The zero-order valence-corrected chi connectivity index (χ0v) is 11.1. The number of amides is 1. The lowest BCUT2D eigenvalue weighted by molar-refractivity contribution is -0.120. The van der Waals surface area contributed by atoms with E-state index >= 15 is 0 Å². The maximum atomic E-state index is 11.5. The van der Waals surface area contributed by atoms with E-state index in [4.69, 9.17) is 11.2 Å². The number of ketones is 1. The quantitative estimate of drug-likeness (QED) is 0.607. The van der Waals surface area contributed by atoms with Gasteiger partial charge in [-0.1, -0.05) is 18.1 Å². The molecule has 0 aromatic heterocycles. The molecule has 2 aliphatic rings. The summed E-state index contributed by atoms with van der Waals surface area (Å²) in [6.07, 6.45) is 11.4. The van der Waals surface area contributed by atoms with E-state index in [1.165, 1.54) is 0 Å². The van der Waals surface area contributed by atoms with Crippen LogP contribution in [0.1, 0.15) is 26.2 Å². The average molecular weight is 261 g/mol. The number of Topliss-reactive ketones (excluding diaryl/α,β-unsaturated/α-hetero) is 1. The molecule has 1 fully saturated rings. The monoisotopic (exact) mass is 261 g/mol. The van der Waals surface area contributed by atoms with Crippen molar-refractivity contribution in [1.82, 2.24) is 5.32 Å². The smallest absolute Gasteiger partial charge is 0.407 e. The number of carbonyl (C=O) groups is 2. The van der Waals surface area contributed by atoms with Crippen molar-refractivity contribution in [2.75, 3.05) is 13.2 Å². The van der Waals surface area contributed by atoms with Crippen molar-refractivity contribution >= 4 is 11.9 Å². The lowest BCUT2D eigenvalue weighted by atomic mass is 9.73. The molecule has 0 heterocycles. The third-order valence-electron chi connectivity index (χ3n) is 4.05. The van der Waals surface area contributed by atoms with Crippen LogP contribution in [0.15, 0.2) is 12.2 Å². The highest BCUT2D eigenvalue weighted by molar-refractivity contribution is 5.76. The minimum Gasteiger partial charge on any atom is -0.449 e. The Labute approximate surface area is 113 Å². The molecule has 1 saturated carbocycles. The molecule has 0 radical (unpaired) electrons. The number of hydrogen-bond acceptors (Lipinski definition) is 3. The Hall–Kier alpha value is -1.76. The van der Waals surface area contributed by atoms with Gasteiger partial charge in [-0.05, 0) is 31.6 Å². The third-order valence-corrected chi connectivity index (χ3v) is 4.05. The van der Waals surface area contributed by atoms with Crippen molar-refractivity contribution in [3.05, 3.63) is 12.2 Å². The summed E-state index contributed by atoms with van der Waals surface area (Å²) in [6, 6.07) is 0. The molecule has 2 bridgehead atoms. The van der Waals surface area contributed by atoms with Crippen LogP contribution in [0, 0.1) is 29.6 Å². The molecule has 0 aromatic carbocycles. The maximum absolute atomic E-state index is 11.5. The van der Waals surface area contributed by atoms with Crippen molar-refractivity contribution in [2.45, 2.75) is 26.2 Å². The molecular weight excluding hydrogens is 242 g/mol. The highest BCUT2D eigenvalue weighted by Crippen LogP contribution is 2.54. The van der Waals surface area contributed by atoms with E-state index in [9.17, 15) is 9.59 Å². The van der Waals surface area contributed by atoms with Gasteiger partial charge in [0.2, 0.25) is 0 Å². The first kappa shape index (κ1) is 13.7. The standard InChI is InChI=1S/C15H19NO3/c1-3-6-16-14(18)19-10-15(8-11(2)17)9-12-4-5-13(15)7-12/h1,4-5,12-13H,6-10H2,2H3,(H,16,18). The van der Waals surface area contributed by atoms with Crippen LogP contribution < -0.4 is 5.32 Å². The summed E-state index contributed by atoms with van der Waals surface area (Å²) in [6.45, 7) is 2.04. The zero-order valence-electron chi connectivity index (χ0n) is 11.1. The molecule has 0 saturated heterocycles. The van der Waals surface area contributed by atoms with Gasteiger partial charge in [0.1, 0.15) is 5.78 Å². The van der Waals surface area contributed by atoms with E-state index in [-0.39, 0.29) is 24.3 Å². The van der Waals surface area contributed by atoms with E-state index in [0.29, 0.717) is 18.3 Å². The second kappa shape index (κ2) is 5.48. The molecule has 3 atom stereocenters. The summed E-state index contributed by atoms with van der Waals surface area (Å²) < 4.78 is 5.25. The lowest BCUT2D eigenvalue weighted by Gasteiger charge is -2.34. The van der Waals surface area contributed by atoms with Crippen LogP contribution >= 0.6 is 0 Å². The Bertz CT molecular complexity index is 449. The van der Waals surface area contributed by atoms with Gasteiger partial charge in [-0.2, -0.15) is 0 Å². The van der Waals surface area contributed by atoms with E-state index in [1.54, 1.807) is 6.92 Å². The number of hydrogen-bond donors (Lipinski definition) is 1. The number of nitrogens with one attached hydrogen (secondary N) is 1. The SMILES string of the molecule is C#CCNC(=O)OCC1(CC(C)=O)CC2C=CC1C2. The Balaban J connectivity index is 1.96. The van der Waals surface area contributed by atoms with Crippen LogP contribution in [-0.2, 0) is 9.53 Å². The van der Waals surface area contributed by atoms with Crippen molar-refractivity contribution < 1.29 is 14.3 Å². The number of rotatable bonds is 5. The lowest BCUT2D eigenvalue weighted by Crippen LogP contribution is -2.36. The molecule has 0 aliphatic heterocycles. The summed E-state index contributed by atoms with van der Waals surface area (Å²) in [5, 5.41) is 2.47. The summed E-state index contributed by atoms with van der Waals surface area (Å²) in [4.78, 5) is 23.0. The van der Waals surface area contributed by atoms with E-state index in [2.05, 4.69) is 23.4 Å². The minimum atomic E-state index is -0.507. The Morgan fingerprint density at radius 2 is 2.32 bits per heavy atom. The van der Waals surface area contributed by atoms with Crippen LogP contribution in [-0.4, -0.2) is 25.0 Å². The number of terminal acetylenes is 1. The summed E-state index contributed by atoms with van der Waals surface area (Å²) in [7, 11) is 0. The zero-order chi connectivity index (χ0) is 13.9. The number of allylic oxidation sites excluding steroid dienone is 2. The molecule has 1 amide bonds. The van der Waals surface area contributed by atoms with Crippen LogP contribution in [0.2, 0.25) is 0 Å². The number of fused-ring (bicyclic) bond motifs is 2. The molecule has 102 valence electrons. The molecule has 4 heteroatoms. The number of ether oxygens (including phenoxy) is 1. The van der Waals surface area contributed by atoms with Crippen LogP contribution in [0.25, 0.3) is 0 Å². The van der Waals surface area contributed by atoms with Gasteiger partial charge in [-0.3, -0.25) is 0 Å². The van der Waals surface area contributed by atoms with Gasteiger partial charge in [0, 0.05) is 11.8 Å². The summed E-state index contributed by atoms with van der Waals surface area (Å²) in [5.41, 5.74) is -0.210. The molecule has 3 unspecified atom stereocenters. The van der Waals surface area contributed by atoms with Gasteiger partial charge in [0.15, 0.2) is 0 Å². The predicted molar refractivity (Wildman–Crippen MR) is 71.3 cm³/mol. The minimum absolute atomic E-state index is 0.147. The van der Waals surface area contributed by atoms with Gasteiger partial charge in [-0.15, -0.1) is 6.42 Å². The second-order valence-electron chi connectivity index (χ2n) is 5.57. The van der Waals surface area contributed by atoms with Gasteiger partial charge in [-0.25, -0.2) is 4.79 Å². The molecule has 2 rings (SSSR count). The first-order valence-corrected chi connectivity index (χ1v) is 6.57. The van der Waals surface area contributed by atoms with Gasteiger partial charge < -0.3 is 14.8 Å². The highest BCUT2D eigenvalue weighted by Gasteiger charge is 2.49. The largest absolute Gasteiger partial charge is 0.449 e. The highest BCUT2D eigenvalue weighted by atomic mass is 16.5. The molecule has 0 aromatic rings. The first-order valence-electron chi connectivity index (χ1n) is 6.57.